The Morgan fingerprint density at radius 1 is 1.14 bits per heavy atom. The molecule has 3 N–H and O–H groups in total. The average molecular weight is 393 g/mol. The van der Waals surface area contributed by atoms with E-state index >= 15 is 0 Å². The predicted molar refractivity (Wildman–Crippen MR) is 98.1 cm³/mol. The number of nitrogens with zero attached hydrogens (tertiary/aromatic N) is 1. The molecule has 0 bridgehead atoms. The number of aryl methyl sites for hydroxylation is 1. The number of phenolic OH excluding ortho intramolecular Hbond substituents is 1. The van der Waals surface area contributed by atoms with Crippen LogP contribution in [0.25, 0.3) is 0 Å². The topological polar surface area (TPSA) is 90.8 Å². The first-order valence-electron chi connectivity index (χ1n) is 8.17. The molecule has 0 aliphatic carbocycles. The van der Waals surface area contributed by atoms with E-state index < -0.39 is 23.6 Å². The Bertz CT molecular complexity index is 924. The molecule has 0 atom stereocenters. The predicted octanol–water partition coefficient (Wildman–Crippen LogP) is 3.85. The van der Waals surface area contributed by atoms with Crippen LogP contribution in [-0.4, -0.2) is 22.6 Å². The minimum Gasteiger partial charge on any atom is -0.507 e. The molecule has 2 aromatic rings. The van der Waals surface area contributed by atoms with Gasteiger partial charge in [0, 0.05) is 11.4 Å². The summed E-state index contributed by atoms with van der Waals surface area (Å²) in [6, 6.07) is 8.91. The van der Waals surface area contributed by atoms with Crippen LogP contribution in [0.4, 0.5) is 18.9 Å². The Morgan fingerprint density at radius 3 is 2.50 bits per heavy atom. The highest BCUT2D eigenvalue weighted by molar-refractivity contribution is 6.06. The quantitative estimate of drug-likeness (QED) is 0.532. The normalized spacial score (nSPS) is 11.8. The molecule has 6 nitrogen and oxygen atoms in total. The maximum Gasteiger partial charge on any atom is 0.416 e. The molecule has 0 heterocycles. The van der Waals surface area contributed by atoms with Crippen molar-refractivity contribution in [2.45, 2.75) is 26.4 Å². The number of hydrazone groups is 1. The smallest absolute Gasteiger partial charge is 0.416 e. The Morgan fingerprint density at radius 2 is 1.82 bits per heavy atom. The number of hydrogen-bond acceptors (Lipinski definition) is 4. The largest absolute Gasteiger partial charge is 0.507 e. The molecule has 0 radical (unpaired) electrons. The second kappa shape index (κ2) is 8.55. The summed E-state index contributed by atoms with van der Waals surface area (Å²) in [6.45, 7) is 3.11. The number of amides is 2. The van der Waals surface area contributed by atoms with Gasteiger partial charge in [0.25, 0.3) is 5.91 Å². The molecule has 0 fully saturated rings. The van der Waals surface area contributed by atoms with Crippen LogP contribution in [-0.2, 0) is 11.0 Å². The number of halogens is 3. The molecule has 0 unspecified atom stereocenters. The van der Waals surface area contributed by atoms with Crippen LogP contribution in [0.15, 0.2) is 47.6 Å². The monoisotopic (exact) mass is 393 g/mol. The van der Waals surface area contributed by atoms with Crippen molar-refractivity contribution in [3.05, 3.63) is 59.2 Å². The average Bonchev–Trinajstić information content (AvgIpc) is 2.61. The fourth-order valence-corrected chi connectivity index (χ4v) is 2.30. The van der Waals surface area contributed by atoms with Crippen molar-refractivity contribution in [2.75, 3.05) is 5.32 Å². The molecule has 28 heavy (non-hydrogen) atoms. The molecule has 0 saturated heterocycles. The number of alkyl halides is 3. The summed E-state index contributed by atoms with van der Waals surface area (Å²) < 4.78 is 38.1. The zero-order chi connectivity index (χ0) is 20.9. The van der Waals surface area contributed by atoms with Crippen molar-refractivity contribution >= 4 is 23.2 Å². The summed E-state index contributed by atoms with van der Waals surface area (Å²) in [5.41, 5.74) is 2.13. The molecule has 0 spiro atoms. The first kappa shape index (κ1) is 20.9. The van der Waals surface area contributed by atoms with Gasteiger partial charge in [-0.25, -0.2) is 5.43 Å². The molecule has 0 aliphatic heterocycles. The van der Waals surface area contributed by atoms with E-state index in [9.17, 15) is 27.9 Å². The minimum absolute atomic E-state index is 0.00124. The van der Waals surface area contributed by atoms with Gasteiger partial charge in [0.1, 0.15) is 5.75 Å². The van der Waals surface area contributed by atoms with Gasteiger partial charge in [0.15, 0.2) is 0 Å². The molecular formula is C19H18F3N3O3. The van der Waals surface area contributed by atoms with Crippen LogP contribution < -0.4 is 10.7 Å². The van der Waals surface area contributed by atoms with Gasteiger partial charge < -0.3 is 10.4 Å². The van der Waals surface area contributed by atoms with Crippen LogP contribution in [0.5, 0.6) is 5.75 Å². The molecule has 9 heteroatoms. The number of para-hydroxylation sites is 1. The van der Waals surface area contributed by atoms with Gasteiger partial charge in [0.2, 0.25) is 5.91 Å². The third-order valence-corrected chi connectivity index (χ3v) is 3.72. The van der Waals surface area contributed by atoms with Gasteiger partial charge in [0.05, 0.1) is 17.5 Å². The summed E-state index contributed by atoms with van der Waals surface area (Å²) in [6.07, 6.45) is -4.75. The van der Waals surface area contributed by atoms with E-state index in [0.29, 0.717) is 5.56 Å². The number of anilines is 1. The summed E-state index contributed by atoms with van der Waals surface area (Å²) in [5, 5.41) is 16.0. The molecule has 0 aliphatic rings. The number of benzene rings is 2. The second-order valence-corrected chi connectivity index (χ2v) is 6.06. The minimum atomic E-state index is -4.51. The van der Waals surface area contributed by atoms with Gasteiger partial charge in [-0.05, 0) is 43.7 Å². The van der Waals surface area contributed by atoms with Gasteiger partial charge >= 0.3 is 6.18 Å². The van der Waals surface area contributed by atoms with Crippen molar-refractivity contribution in [1.29, 1.82) is 0 Å². The highest BCUT2D eigenvalue weighted by Crippen LogP contribution is 2.30. The standard InChI is InChI=1S/C19H18F3N3O3/c1-11-5-3-8-15(17(11)27)18(28)25-24-12(2)9-16(26)23-14-7-4-6-13(10-14)19(20,21)22/h3-8,10,27H,9H2,1-2H3,(H,23,26)(H,25,28)/b24-12+. The van der Waals surface area contributed by atoms with E-state index in [4.69, 9.17) is 0 Å². The Kier molecular flexibility index (Phi) is 6.40. The van der Waals surface area contributed by atoms with Crippen molar-refractivity contribution in [2.24, 2.45) is 5.10 Å². The van der Waals surface area contributed by atoms with E-state index in [1.807, 2.05) is 0 Å². The Balaban J connectivity index is 1.97. The van der Waals surface area contributed by atoms with Crippen LogP contribution in [0, 0.1) is 6.92 Å². The van der Waals surface area contributed by atoms with Crippen molar-refractivity contribution in [3.8, 4) is 5.75 Å². The Labute approximate surface area is 159 Å². The van der Waals surface area contributed by atoms with Crippen LogP contribution in [0.3, 0.4) is 0 Å². The lowest BCUT2D eigenvalue weighted by molar-refractivity contribution is -0.137. The zero-order valence-corrected chi connectivity index (χ0v) is 15.1. The fourth-order valence-electron chi connectivity index (χ4n) is 2.30. The fraction of sp³-hybridized carbons (Fsp3) is 0.211. The van der Waals surface area contributed by atoms with E-state index in [1.165, 1.54) is 25.1 Å². The summed E-state index contributed by atoms with van der Waals surface area (Å²) in [4.78, 5) is 24.0. The van der Waals surface area contributed by atoms with Crippen molar-refractivity contribution in [3.63, 3.8) is 0 Å². The molecule has 2 rings (SSSR count). The van der Waals surface area contributed by atoms with Crippen LogP contribution in [0.2, 0.25) is 0 Å². The lowest BCUT2D eigenvalue weighted by atomic mass is 10.1. The third-order valence-electron chi connectivity index (χ3n) is 3.72. The maximum absolute atomic E-state index is 12.7. The van der Waals surface area contributed by atoms with Crippen molar-refractivity contribution in [1.82, 2.24) is 5.43 Å². The van der Waals surface area contributed by atoms with E-state index in [-0.39, 0.29) is 29.1 Å². The van der Waals surface area contributed by atoms with Crippen molar-refractivity contribution < 1.29 is 27.9 Å². The maximum atomic E-state index is 12.7. The Hall–Kier alpha value is -3.36. The van der Waals surface area contributed by atoms with Gasteiger partial charge in [-0.1, -0.05) is 18.2 Å². The summed E-state index contributed by atoms with van der Waals surface area (Å²) >= 11 is 0. The number of carbonyl (C=O) groups is 2. The zero-order valence-electron chi connectivity index (χ0n) is 15.1. The number of nitrogens with one attached hydrogen (secondary N) is 2. The molecule has 0 saturated carbocycles. The number of rotatable bonds is 5. The van der Waals surface area contributed by atoms with Gasteiger partial charge in [-0.3, -0.25) is 9.59 Å². The van der Waals surface area contributed by atoms with E-state index in [1.54, 1.807) is 19.1 Å². The number of aromatic hydroxyl groups is 1. The van der Waals surface area contributed by atoms with E-state index in [2.05, 4.69) is 15.8 Å². The molecule has 2 amide bonds. The SMILES string of the molecule is C/C(CC(=O)Nc1cccc(C(F)(F)F)c1)=N\NC(=O)c1cccc(C)c1O. The first-order valence-corrected chi connectivity index (χ1v) is 8.17. The van der Waals surface area contributed by atoms with Gasteiger partial charge in [-0.2, -0.15) is 18.3 Å². The molecule has 0 aromatic heterocycles. The lowest BCUT2D eigenvalue weighted by Gasteiger charge is -2.10. The van der Waals surface area contributed by atoms with Crippen LogP contribution >= 0.6 is 0 Å². The van der Waals surface area contributed by atoms with E-state index in [0.717, 1.165) is 12.1 Å². The first-order chi connectivity index (χ1) is 13.1. The summed E-state index contributed by atoms with van der Waals surface area (Å²) in [7, 11) is 0. The third kappa shape index (κ3) is 5.57. The highest BCUT2D eigenvalue weighted by Gasteiger charge is 2.30. The molecule has 148 valence electrons. The lowest BCUT2D eigenvalue weighted by Crippen LogP contribution is -2.21. The second-order valence-electron chi connectivity index (χ2n) is 6.06. The molecular weight excluding hydrogens is 375 g/mol. The highest BCUT2D eigenvalue weighted by atomic mass is 19.4. The number of phenols is 1. The van der Waals surface area contributed by atoms with Crippen LogP contribution in [0.1, 0.15) is 34.8 Å². The number of carbonyl (C=O) groups excluding carboxylic acids is 2. The summed E-state index contributed by atoms with van der Waals surface area (Å²) in [5.74, 6) is -1.41. The van der Waals surface area contributed by atoms with Gasteiger partial charge in [-0.15, -0.1) is 0 Å². The number of hydrogen-bond donors (Lipinski definition) is 3. The molecule has 2 aromatic carbocycles.